The Morgan fingerprint density at radius 1 is 1.47 bits per heavy atom. The fourth-order valence-electron chi connectivity index (χ4n) is 2.99. The van der Waals surface area contributed by atoms with Gasteiger partial charge in [0.05, 0.1) is 12.6 Å². The van der Waals surface area contributed by atoms with E-state index in [4.69, 9.17) is 10.5 Å². The normalized spacial score (nSPS) is 32.4. The smallest absolute Gasteiger partial charge is 0.234 e. The summed E-state index contributed by atoms with van der Waals surface area (Å²) >= 11 is 0. The first kappa shape index (κ1) is 14.8. The van der Waals surface area contributed by atoms with Gasteiger partial charge in [0, 0.05) is 32.3 Å². The highest BCUT2D eigenvalue weighted by molar-refractivity contribution is 5.78. The number of rotatable bonds is 5. The van der Waals surface area contributed by atoms with E-state index < -0.39 is 0 Å². The van der Waals surface area contributed by atoms with Crippen LogP contribution in [-0.2, 0) is 9.53 Å². The second-order valence-corrected chi connectivity index (χ2v) is 5.80. The summed E-state index contributed by atoms with van der Waals surface area (Å²) in [5.74, 6) is 0.639. The fraction of sp³-hybridized carbons (Fsp3) is 0.929. The van der Waals surface area contributed by atoms with Crippen molar-refractivity contribution < 1.29 is 9.53 Å². The van der Waals surface area contributed by atoms with Crippen molar-refractivity contribution in [1.29, 1.82) is 0 Å². The van der Waals surface area contributed by atoms with E-state index in [1.165, 1.54) is 0 Å². The van der Waals surface area contributed by atoms with Gasteiger partial charge in [-0.25, -0.2) is 0 Å². The van der Waals surface area contributed by atoms with E-state index in [0.29, 0.717) is 25.0 Å². The van der Waals surface area contributed by atoms with Crippen LogP contribution in [0.25, 0.3) is 0 Å². The molecule has 3 unspecified atom stereocenters. The maximum absolute atomic E-state index is 11.9. The largest absolute Gasteiger partial charge is 0.376 e. The predicted octanol–water partition coefficient (Wildman–Crippen LogP) is 0.341. The van der Waals surface area contributed by atoms with E-state index in [1.54, 1.807) is 0 Å². The Kier molecular flexibility index (Phi) is 5.60. The van der Waals surface area contributed by atoms with Crippen molar-refractivity contribution in [2.24, 2.45) is 11.7 Å². The van der Waals surface area contributed by atoms with Crippen LogP contribution in [0.2, 0.25) is 0 Å². The molecule has 0 aromatic heterocycles. The van der Waals surface area contributed by atoms with E-state index in [-0.39, 0.29) is 12.0 Å². The molecule has 0 aliphatic carbocycles. The number of ether oxygens (including phenoxy) is 1. The van der Waals surface area contributed by atoms with Crippen molar-refractivity contribution in [3.8, 4) is 0 Å². The summed E-state index contributed by atoms with van der Waals surface area (Å²) in [7, 11) is 0. The molecule has 110 valence electrons. The van der Waals surface area contributed by atoms with Gasteiger partial charge in [0.25, 0.3) is 0 Å². The van der Waals surface area contributed by atoms with Crippen LogP contribution in [0.1, 0.15) is 32.6 Å². The lowest BCUT2D eigenvalue weighted by molar-refractivity contribution is -0.123. The molecule has 2 aliphatic heterocycles. The molecule has 2 fully saturated rings. The van der Waals surface area contributed by atoms with E-state index in [0.717, 1.165) is 45.4 Å². The van der Waals surface area contributed by atoms with Gasteiger partial charge in [-0.1, -0.05) is 13.3 Å². The minimum absolute atomic E-state index is 0.112. The van der Waals surface area contributed by atoms with Crippen LogP contribution in [-0.4, -0.2) is 55.7 Å². The monoisotopic (exact) mass is 269 g/mol. The molecule has 2 rings (SSSR count). The summed E-state index contributed by atoms with van der Waals surface area (Å²) in [5, 5.41) is 2.98. The Bertz CT molecular complexity index is 292. The van der Waals surface area contributed by atoms with Gasteiger partial charge in [-0.3, -0.25) is 9.69 Å². The Morgan fingerprint density at radius 3 is 3.00 bits per heavy atom. The lowest BCUT2D eigenvalue weighted by Gasteiger charge is -2.36. The third-order valence-electron chi connectivity index (χ3n) is 4.32. The number of hydrogen-bond donors (Lipinski definition) is 2. The zero-order valence-corrected chi connectivity index (χ0v) is 11.9. The Morgan fingerprint density at radius 2 is 2.32 bits per heavy atom. The van der Waals surface area contributed by atoms with Gasteiger partial charge in [0.15, 0.2) is 0 Å². The third-order valence-corrected chi connectivity index (χ3v) is 4.32. The molecular formula is C14H27N3O2. The fourth-order valence-corrected chi connectivity index (χ4v) is 2.99. The standard InChI is InChI=1S/C14H27N3O2/c1-2-11-9-17(6-5-13(11)15)10-14(18)16-8-12-4-3-7-19-12/h11-13H,2-10,15H2,1H3,(H,16,18). The number of hydrogen-bond acceptors (Lipinski definition) is 4. The number of nitrogens with two attached hydrogens (primary N) is 1. The van der Waals surface area contributed by atoms with E-state index in [2.05, 4.69) is 17.1 Å². The number of likely N-dealkylation sites (tertiary alicyclic amines) is 1. The summed E-state index contributed by atoms with van der Waals surface area (Å²) < 4.78 is 5.50. The summed E-state index contributed by atoms with van der Waals surface area (Å²) in [6.45, 7) is 6.05. The van der Waals surface area contributed by atoms with Gasteiger partial charge in [-0.15, -0.1) is 0 Å². The van der Waals surface area contributed by atoms with Crippen LogP contribution in [0.15, 0.2) is 0 Å². The lowest BCUT2D eigenvalue weighted by Crippen LogP contribution is -2.50. The van der Waals surface area contributed by atoms with E-state index in [1.807, 2.05) is 0 Å². The van der Waals surface area contributed by atoms with Crippen molar-refractivity contribution in [1.82, 2.24) is 10.2 Å². The first-order chi connectivity index (χ1) is 9.19. The van der Waals surface area contributed by atoms with Crippen LogP contribution in [0, 0.1) is 5.92 Å². The van der Waals surface area contributed by atoms with Gasteiger partial charge in [-0.05, 0) is 25.2 Å². The van der Waals surface area contributed by atoms with Gasteiger partial charge in [0.1, 0.15) is 0 Å². The van der Waals surface area contributed by atoms with Crippen molar-refractivity contribution in [3.63, 3.8) is 0 Å². The van der Waals surface area contributed by atoms with Crippen LogP contribution < -0.4 is 11.1 Å². The average Bonchev–Trinajstić information content (AvgIpc) is 2.92. The Balaban J connectivity index is 1.66. The number of nitrogens with zero attached hydrogens (tertiary/aromatic N) is 1. The van der Waals surface area contributed by atoms with Crippen molar-refractivity contribution in [2.75, 3.05) is 32.8 Å². The number of nitrogens with one attached hydrogen (secondary N) is 1. The van der Waals surface area contributed by atoms with Crippen LogP contribution >= 0.6 is 0 Å². The maximum Gasteiger partial charge on any atom is 0.234 e. The first-order valence-electron chi connectivity index (χ1n) is 7.55. The molecule has 2 aliphatic rings. The number of carbonyl (C=O) groups excluding carboxylic acids is 1. The van der Waals surface area contributed by atoms with E-state index >= 15 is 0 Å². The lowest BCUT2D eigenvalue weighted by atomic mass is 9.91. The highest BCUT2D eigenvalue weighted by Gasteiger charge is 2.26. The molecule has 19 heavy (non-hydrogen) atoms. The predicted molar refractivity (Wildman–Crippen MR) is 74.8 cm³/mol. The highest BCUT2D eigenvalue weighted by atomic mass is 16.5. The quantitative estimate of drug-likeness (QED) is 0.755. The number of piperidine rings is 1. The molecule has 0 aromatic carbocycles. The Labute approximate surface area is 115 Å². The minimum atomic E-state index is 0.112. The van der Waals surface area contributed by atoms with Crippen LogP contribution in [0.5, 0.6) is 0 Å². The highest BCUT2D eigenvalue weighted by Crippen LogP contribution is 2.18. The van der Waals surface area contributed by atoms with Gasteiger partial charge < -0.3 is 15.8 Å². The average molecular weight is 269 g/mol. The molecule has 0 radical (unpaired) electrons. The summed E-state index contributed by atoms with van der Waals surface area (Å²) in [5.41, 5.74) is 6.08. The molecular weight excluding hydrogens is 242 g/mol. The summed E-state index contributed by atoms with van der Waals surface area (Å²) in [6.07, 6.45) is 4.49. The number of amides is 1. The van der Waals surface area contributed by atoms with Crippen molar-refractivity contribution in [3.05, 3.63) is 0 Å². The van der Waals surface area contributed by atoms with Gasteiger partial charge >= 0.3 is 0 Å². The minimum Gasteiger partial charge on any atom is -0.376 e. The first-order valence-corrected chi connectivity index (χ1v) is 7.55. The third kappa shape index (κ3) is 4.44. The second-order valence-electron chi connectivity index (χ2n) is 5.80. The van der Waals surface area contributed by atoms with Crippen molar-refractivity contribution in [2.45, 2.75) is 44.8 Å². The zero-order chi connectivity index (χ0) is 13.7. The van der Waals surface area contributed by atoms with Crippen LogP contribution in [0.4, 0.5) is 0 Å². The molecule has 3 N–H and O–H groups in total. The molecule has 0 saturated carbocycles. The van der Waals surface area contributed by atoms with Gasteiger partial charge in [-0.2, -0.15) is 0 Å². The molecule has 0 aromatic rings. The molecule has 1 amide bonds. The van der Waals surface area contributed by atoms with Gasteiger partial charge in [0.2, 0.25) is 5.91 Å². The van der Waals surface area contributed by atoms with E-state index in [9.17, 15) is 4.79 Å². The molecule has 0 bridgehead atoms. The number of carbonyl (C=O) groups is 1. The maximum atomic E-state index is 11.9. The van der Waals surface area contributed by atoms with Crippen LogP contribution in [0.3, 0.4) is 0 Å². The molecule has 5 heteroatoms. The zero-order valence-electron chi connectivity index (χ0n) is 11.9. The SMILES string of the molecule is CCC1CN(CC(=O)NCC2CCCO2)CCC1N. The molecule has 0 spiro atoms. The second kappa shape index (κ2) is 7.22. The molecule has 3 atom stereocenters. The summed E-state index contributed by atoms with van der Waals surface area (Å²) in [4.78, 5) is 14.1. The topological polar surface area (TPSA) is 67.6 Å². The molecule has 5 nitrogen and oxygen atoms in total. The summed E-state index contributed by atoms with van der Waals surface area (Å²) in [6, 6.07) is 0.302. The molecule has 2 saturated heterocycles. The van der Waals surface area contributed by atoms with Crippen molar-refractivity contribution >= 4 is 5.91 Å². The Hall–Kier alpha value is -0.650. The molecule has 2 heterocycles.